The Morgan fingerprint density at radius 1 is 1.50 bits per heavy atom. The molecule has 2 heterocycles. The number of aromatic nitrogens is 3. The zero-order chi connectivity index (χ0) is 13.0. The molecule has 0 unspecified atom stereocenters. The molecule has 0 aliphatic heterocycles. The second kappa shape index (κ2) is 5.41. The average Bonchev–Trinajstić information content (AvgIpc) is 2.95. The van der Waals surface area contributed by atoms with Crippen molar-refractivity contribution < 1.29 is 9.59 Å². The number of rotatable bonds is 4. The highest BCUT2D eigenvalue weighted by molar-refractivity contribution is 7.14. The van der Waals surface area contributed by atoms with E-state index in [4.69, 9.17) is 0 Å². The third-order valence-electron chi connectivity index (χ3n) is 1.99. The largest absolute Gasteiger partial charge is 0.347 e. The van der Waals surface area contributed by atoms with Crippen molar-refractivity contribution in [2.75, 3.05) is 5.32 Å². The lowest BCUT2D eigenvalue weighted by molar-refractivity contribution is -0.114. The van der Waals surface area contributed by atoms with Gasteiger partial charge in [-0.15, -0.1) is 11.3 Å². The zero-order valence-electron chi connectivity index (χ0n) is 9.56. The van der Waals surface area contributed by atoms with E-state index in [1.54, 1.807) is 17.8 Å². The molecule has 2 aromatic rings. The molecular weight excluding hydrogens is 254 g/mol. The van der Waals surface area contributed by atoms with Gasteiger partial charge >= 0.3 is 0 Å². The van der Waals surface area contributed by atoms with E-state index in [1.807, 2.05) is 0 Å². The fourth-order valence-electron chi connectivity index (χ4n) is 1.24. The highest BCUT2D eigenvalue weighted by Gasteiger charge is 2.11. The maximum atomic E-state index is 11.7. The van der Waals surface area contributed by atoms with Crippen LogP contribution in [0, 0.1) is 0 Å². The number of imidazole rings is 1. The Morgan fingerprint density at radius 3 is 3.00 bits per heavy atom. The van der Waals surface area contributed by atoms with E-state index in [1.165, 1.54) is 18.3 Å². The maximum absolute atomic E-state index is 11.7. The van der Waals surface area contributed by atoms with Gasteiger partial charge in [-0.1, -0.05) is 0 Å². The van der Waals surface area contributed by atoms with E-state index < -0.39 is 0 Å². The molecule has 0 saturated heterocycles. The Hall–Kier alpha value is -2.22. The molecule has 0 radical (unpaired) electrons. The normalized spacial score (nSPS) is 10.1. The van der Waals surface area contributed by atoms with Crippen molar-refractivity contribution in [3.8, 4) is 0 Å². The van der Waals surface area contributed by atoms with E-state index >= 15 is 0 Å². The van der Waals surface area contributed by atoms with Gasteiger partial charge in [-0.2, -0.15) is 0 Å². The fourth-order valence-corrected chi connectivity index (χ4v) is 1.97. The molecule has 94 valence electrons. The molecule has 0 aromatic carbocycles. The van der Waals surface area contributed by atoms with Gasteiger partial charge < -0.3 is 15.6 Å². The highest BCUT2D eigenvalue weighted by Crippen LogP contribution is 2.15. The van der Waals surface area contributed by atoms with Gasteiger partial charge in [0.25, 0.3) is 5.91 Å². The van der Waals surface area contributed by atoms with Crippen LogP contribution in [0.25, 0.3) is 0 Å². The Labute approximate surface area is 107 Å². The number of nitrogens with zero attached hydrogens (tertiary/aromatic N) is 2. The van der Waals surface area contributed by atoms with E-state index in [9.17, 15) is 9.59 Å². The molecular formula is C10H11N5O2S. The topological polar surface area (TPSA) is 99.8 Å². The molecule has 3 N–H and O–H groups in total. The van der Waals surface area contributed by atoms with Crippen molar-refractivity contribution in [3.05, 3.63) is 29.3 Å². The van der Waals surface area contributed by atoms with Crippen LogP contribution in [0.3, 0.4) is 0 Å². The van der Waals surface area contributed by atoms with E-state index in [-0.39, 0.29) is 17.5 Å². The minimum Gasteiger partial charge on any atom is -0.347 e. The van der Waals surface area contributed by atoms with Crippen LogP contribution in [-0.2, 0) is 11.3 Å². The zero-order valence-corrected chi connectivity index (χ0v) is 10.4. The van der Waals surface area contributed by atoms with E-state index in [2.05, 4.69) is 25.6 Å². The van der Waals surface area contributed by atoms with Crippen molar-refractivity contribution in [1.82, 2.24) is 20.3 Å². The van der Waals surface area contributed by atoms with Gasteiger partial charge in [0.2, 0.25) is 5.91 Å². The number of thiazole rings is 1. The van der Waals surface area contributed by atoms with Crippen LogP contribution < -0.4 is 10.6 Å². The molecule has 0 aliphatic rings. The first-order valence-corrected chi connectivity index (χ1v) is 6.02. The number of nitrogens with one attached hydrogen (secondary N) is 3. The quantitative estimate of drug-likeness (QED) is 0.759. The summed E-state index contributed by atoms with van der Waals surface area (Å²) in [4.78, 5) is 33.4. The molecule has 18 heavy (non-hydrogen) atoms. The van der Waals surface area contributed by atoms with Crippen LogP contribution in [0.1, 0.15) is 23.2 Å². The number of aromatic amines is 1. The summed E-state index contributed by atoms with van der Waals surface area (Å²) in [6.07, 6.45) is 3.29. The third kappa shape index (κ3) is 3.14. The van der Waals surface area contributed by atoms with Gasteiger partial charge in [-0.05, 0) is 0 Å². The standard InChI is InChI=1S/C10H11N5O2S/c1-6(16)14-10-15-7(5-18-10)9(17)13-4-8-11-2-3-12-8/h2-3,5H,4H2,1H3,(H,11,12)(H,13,17)(H,14,15,16). The van der Waals surface area contributed by atoms with Gasteiger partial charge in [0.15, 0.2) is 5.13 Å². The first-order valence-electron chi connectivity index (χ1n) is 5.14. The summed E-state index contributed by atoms with van der Waals surface area (Å²) in [5, 5.41) is 7.18. The summed E-state index contributed by atoms with van der Waals surface area (Å²) >= 11 is 1.20. The van der Waals surface area contributed by atoms with Crippen molar-refractivity contribution in [3.63, 3.8) is 0 Å². The molecule has 0 aliphatic carbocycles. The fraction of sp³-hybridized carbons (Fsp3) is 0.200. The molecule has 2 amide bonds. The number of hydrogen-bond acceptors (Lipinski definition) is 5. The summed E-state index contributed by atoms with van der Waals surface area (Å²) in [7, 11) is 0. The van der Waals surface area contributed by atoms with Crippen LogP contribution in [-0.4, -0.2) is 26.8 Å². The van der Waals surface area contributed by atoms with Gasteiger partial charge in [0.1, 0.15) is 11.5 Å². The number of amides is 2. The number of carbonyl (C=O) groups excluding carboxylic acids is 2. The summed E-state index contributed by atoms with van der Waals surface area (Å²) < 4.78 is 0. The van der Waals surface area contributed by atoms with Crippen molar-refractivity contribution in [2.45, 2.75) is 13.5 Å². The molecule has 0 spiro atoms. The van der Waals surface area contributed by atoms with Gasteiger partial charge in [0.05, 0.1) is 6.54 Å². The monoisotopic (exact) mass is 265 g/mol. The number of carbonyl (C=O) groups is 2. The second-order valence-corrected chi connectivity index (χ2v) is 4.30. The smallest absolute Gasteiger partial charge is 0.271 e. The predicted octanol–water partition coefficient (Wildman–Crippen LogP) is 0.755. The molecule has 0 fully saturated rings. The number of H-pyrrole nitrogens is 1. The summed E-state index contributed by atoms with van der Waals surface area (Å²) in [5.74, 6) is 0.145. The van der Waals surface area contributed by atoms with Crippen LogP contribution >= 0.6 is 11.3 Å². The Kier molecular flexibility index (Phi) is 3.68. The van der Waals surface area contributed by atoms with Gasteiger partial charge in [-0.25, -0.2) is 9.97 Å². The van der Waals surface area contributed by atoms with Crippen LogP contribution in [0.4, 0.5) is 5.13 Å². The third-order valence-corrected chi connectivity index (χ3v) is 2.75. The van der Waals surface area contributed by atoms with Crippen molar-refractivity contribution in [2.24, 2.45) is 0 Å². The first kappa shape index (κ1) is 12.2. The van der Waals surface area contributed by atoms with Crippen molar-refractivity contribution in [1.29, 1.82) is 0 Å². The van der Waals surface area contributed by atoms with Crippen molar-refractivity contribution >= 4 is 28.3 Å². The molecule has 8 heteroatoms. The minimum absolute atomic E-state index is 0.216. The average molecular weight is 265 g/mol. The first-order chi connectivity index (χ1) is 8.65. The molecule has 2 aromatic heterocycles. The summed E-state index contributed by atoms with van der Waals surface area (Å²) in [5.41, 5.74) is 0.273. The number of anilines is 1. The molecule has 0 saturated carbocycles. The SMILES string of the molecule is CC(=O)Nc1nc(C(=O)NCc2ncc[nH]2)cs1. The Balaban J connectivity index is 1.92. The lowest BCUT2D eigenvalue weighted by Crippen LogP contribution is -2.23. The van der Waals surface area contributed by atoms with Crippen LogP contribution in [0.2, 0.25) is 0 Å². The Morgan fingerprint density at radius 2 is 2.33 bits per heavy atom. The molecule has 0 atom stereocenters. The summed E-state index contributed by atoms with van der Waals surface area (Å²) in [6, 6.07) is 0. The molecule has 7 nitrogen and oxygen atoms in total. The molecule has 0 bridgehead atoms. The predicted molar refractivity (Wildman–Crippen MR) is 66.2 cm³/mol. The van der Waals surface area contributed by atoms with Gasteiger partial charge in [0, 0.05) is 24.7 Å². The molecule has 2 rings (SSSR count). The van der Waals surface area contributed by atoms with Crippen LogP contribution in [0.15, 0.2) is 17.8 Å². The van der Waals surface area contributed by atoms with Gasteiger partial charge in [-0.3, -0.25) is 9.59 Å². The van der Waals surface area contributed by atoms with Crippen LogP contribution in [0.5, 0.6) is 0 Å². The highest BCUT2D eigenvalue weighted by atomic mass is 32.1. The van der Waals surface area contributed by atoms with E-state index in [0.717, 1.165) is 0 Å². The lowest BCUT2D eigenvalue weighted by atomic mass is 10.4. The second-order valence-electron chi connectivity index (χ2n) is 3.44. The lowest BCUT2D eigenvalue weighted by Gasteiger charge is -1.99. The Bertz CT molecular complexity index is 548. The summed E-state index contributed by atoms with van der Waals surface area (Å²) in [6.45, 7) is 1.69. The van der Waals surface area contributed by atoms with E-state index in [0.29, 0.717) is 17.5 Å². The minimum atomic E-state index is -0.306. The maximum Gasteiger partial charge on any atom is 0.271 e. The number of hydrogen-bond donors (Lipinski definition) is 3.